The summed E-state index contributed by atoms with van der Waals surface area (Å²) in [6.45, 7) is 5.18. The first kappa shape index (κ1) is 15.7. The number of amides is 1. The van der Waals surface area contributed by atoms with Gasteiger partial charge in [0, 0.05) is 22.6 Å². The third kappa shape index (κ3) is 4.65. The van der Waals surface area contributed by atoms with Crippen LogP contribution in [0.5, 0.6) is 0 Å². The number of hydrogen-bond acceptors (Lipinski definition) is 3. The first-order valence-corrected chi connectivity index (χ1v) is 6.79. The SMILES string of the molecule is CCNCC(C)C(=O)Nc1ccc(Br)c(C(=O)O)c1. The number of benzene rings is 1. The summed E-state index contributed by atoms with van der Waals surface area (Å²) in [5.41, 5.74) is 0.603. The molecule has 0 aliphatic heterocycles. The van der Waals surface area contributed by atoms with E-state index < -0.39 is 5.97 Å². The Morgan fingerprint density at radius 1 is 1.42 bits per heavy atom. The van der Waals surface area contributed by atoms with Crippen molar-refractivity contribution in [2.24, 2.45) is 5.92 Å². The van der Waals surface area contributed by atoms with Gasteiger partial charge in [0.15, 0.2) is 0 Å². The minimum atomic E-state index is -1.04. The zero-order valence-electron chi connectivity index (χ0n) is 10.9. The van der Waals surface area contributed by atoms with Crippen molar-refractivity contribution >= 4 is 33.5 Å². The summed E-state index contributed by atoms with van der Waals surface area (Å²) in [6, 6.07) is 4.70. The number of aromatic carboxylic acids is 1. The molecule has 1 amide bonds. The molecule has 0 aliphatic rings. The van der Waals surface area contributed by atoms with Gasteiger partial charge in [-0.15, -0.1) is 0 Å². The normalized spacial score (nSPS) is 11.9. The predicted octanol–water partition coefficient (Wildman–Crippen LogP) is 2.33. The topological polar surface area (TPSA) is 78.4 Å². The molecule has 1 rings (SSSR count). The van der Waals surface area contributed by atoms with Crippen LogP contribution in [0.4, 0.5) is 5.69 Å². The Morgan fingerprint density at radius 2 is 2.11 bits per heavy atom. The zero-order valence-corrected chi connectivity index (χ0v) is 12.5. The van der Waals surface area contributed by atoms with Crippen LogP contribution in [0.2, 0.25) is 0 Å². The smallest absolute Gasteiger partial charge is 0.336 e. The van der Waals surface area contributed by atoms with Crippen LogP contribution >= 0.6 is 15.9 Å². The lowest BCUT2D eigenvalue weighted by atomic mass is 10.1. The first-order valence-electron chi connectivity index (χ1n) is 6.00. The van der Waals surface area contributed by atoms with Crippen LogP contribution in [-0.4, -0.2) is 30.1 Å². The van der Waals surface area contributed by atoms with E-state index in [4.69, 9.17) is 5.11 Å². The minimum absolute atomic E-state index is 0.122. The van der Waals surface area contributed by atoms with Crippen LogP contribution in [0.3, 0.4) is 0 Å². The Morgan fingerprint density at radius 3 is 2.68 bits per heavy atom. The maximum absolute atomic E-state index is 11.9. The molecule has 1 unspecified atom stereocenters. The van der Waals surface area contributed by atoms with E-state index in [0.717, 1.165) is 6.54 Å². The van der Waals surface area contributed by atoms with E-state index in [1.54, 1.807) is 12.1 Å². The number of carboxylic acids is 1. The second-order valence-corrected chi connectivity index (χ2v) is 5.05. The number of hydrogen-bond donors (Lipinski definition) is 3. The van der Waals surface area contributed by atoms with Crippen molar-refractivity contribution in [1.29, 1.82) is 0 Å². The van der Waals surface area contributed by atoms with Gasteiger partial charge in [-0.1, -0.05) is 13.8 Å². The van der Waals surface area contributed by atoms with Crippen LogP contribution < -0.4 is 10.6 Å². The van der Waals surface area contributed by atoms with E-state index >= 15 is 0 Å². The lowest BCUT2D eigenvalue weighted by Crippen LogP contribution is -2.30. The van der Waals surface area contributed by atoms with Gasteiger partial charge in [-0.25, -0.2) is 4.79 Å². The van der Waals surface area contributed by atoms with Crippen LogP contribution in [-0.2, 0) is 4.79 Å². The summed E-state index contributed by atoms with van der Waals surface area (Å²) in [6.07, 6.45) is 0. The van der Waals surface area contributed by atoms with Gasteiger partial charge in [0.25, 0.3) is 0 Å². The summed E-state index contributed by atoms with van der Waals surface area (Å²) in [7, 11) is 0. The summed E-state index contributed by atoms with van der Waals surface area (Å²) in [5, 5.41) is 14.8. The van der Waals surface area contributed by atoms with E-state index in [9.17, 15) is 9.59 Å². The van der Waals surface area contributed by atoms with Crippen LogP contribution in [0, 0.1) is 5.92 Å². The summed E-state index contributed by atoms with van der Waals surface area (Å²) >= 11 is 3.16. The van der Waals surface area contributed by atoms with E-state index in [1.807, 2.05) is 13.8 Å². The molecule has 6 heteroatoms. The number of anilines is 1. The van der Waals surface area contributed by atoms with Gasteiger partial charge in [0.1, 0.15) is 0 Å². The zero-order chi connectivity index (χ0) is 14.4. The van der Waals surface area contributed by atoms with E-state index in [1.165, 1.54) is 6.07 Å². The Balaban J connectivity index is 2.74. The Kier molecular flexibility index (Phi) is 5.98. The second-order valence-electron chi connectivity index (χ2n) is 4.20. The molecule has 0 saturated carbocycles. The van der Waals surface area contributed by atoms with Crippen molar-refractivity contribution in [3.05, 3.63) is 28.2 Å². The van der Waals surface area contributed by atoms with Gasteiger partial charge in [0.05, 0.1) is 5.56 Å². The van der Waals surface area contributed by atoms with Crippen LogP contribution in [0.1, 0.15) is 24.2 Å². The van der Waals surface area contributed by atoms with E-state index in [-0.39, 0.29) is 17.4 Å². The molecule has 5 nitrogen and oxygen atoms in total. The molecule has 1 atom stereocenters. The molecule has 0 aliphatic carbocycles. The molecule has 0 spiro atoms. The van der Waals surface area contributed by atoms with Gasteiger partial charge >= 0.3 is 5.97 Å². The molecule has 1 aromatic rings. The van der Waals surface area contributed by atoms with Gasteiger partial charge in [0.2, 0.25) is 5.91 Å². The van der Waals surface area contributed by atoms with Crippen molar-refractivity contribution in [2.45, 2.75) is 13.8 Å². The van der Waals surface area contributed by atoms with Gasteiger partial charge in [-0.3, -0.25) is 4.79 Å². The van der Waals surface area contributed by atoms with Gasteiger partial charge in [-0.2, -0.15) is 0 Å². The predicted molar refractivity (Wildman–Crippen MR) is 77.4 cm³/mol. The first-order chi connectivity index (χ1) is 8.95. The fraction of sp³-hybridized carbons (Fsp3) is 0.385. The Labute approximate surface area is 120 Å². The lowest BCUT2D eigenvalue weighted by Gasteiger charge is -2.13. The standard InChI is InChI=1S/C13H17BrN2O3/c1-3-15-7-8(2)12(17)16-9-4-5-11(14)10(6-9)13(18)19/h4-6,8,15H,3,7H2,1-2H3,(H,16,17)(H,18,19). The number of carbonyl (C=O) groups excluding carboxylic acids is 1. The quantitative estimate of drug-likeness (QED) is 0.748. The van der Waals surface area contributed by atoms with Crippen molar-refractivity contribution < 1.29 is 14.7 Å². The molecular formula is C13H17BrN2O3. The number of rotatable bonds is 6. The average molecular weight is 329 g/mol. The number of carboxylic acid groups (broad SMARTS) is 1. The number of nitrogens with one attached hydrogen (secondary N) is 2. The Bertz CT molecular complexity index is 477. The maximum atomic E-state index is 11.9. The third-order valence-electron chi connectivity index (χ3n) is 2.61. The van der Waals surface area contributed by atoms with E-state index in [0.29, 0.717) is 16.7 Å². The third-order valence-corrected chi connectivity index (χ3v) is 3.30. The van der Waals surface area contributed by atoms with Crippen molar-refractivity contribution in [3.63, 3.8) is 0 Å². The Hall–Kier alpha value is -1.40. The molecule has 3 N–H and O–H groups in total. The minimum Gasteiger partial charge on any atom is -0.478 e. The molecule has 0 aromatic heterocycles. The van der Waals surface area contributed by atoms with Gasteiger partial charge in [-0.05, 0) is 40.7 Å². The number of halogens is 1. The van der Waals surface area contributed by atoms with Crippen molar-refractivity contribution in [1.82, 2.24) is 5.32 Å². The fourth-order valence-electron chi connectivity index (χ4n) is 1.49. The van der Waals surface area contributed by atoms with E-state index in [2.05, 4.69) is 26.6 Å². The molecule has 0 radical (unpaired) electrons. The second kappa shape index (κ2) is 7.25. The highest BCUT2D eigenvalue weighted by molar-refractivity contribution is 9.10. The summed E-state index contributed by atoms with van der Waals surface area (Å²) < 4.78 is 0.485. The highest BCUT2D eigenvalue weighted by Gasteiger charge is 2.14. The molecule has 0 fully saturated rings. The fourth-order valence-corrected chi connectivity index (χ4v) is 1.90. The molecule has 0 heterocycles. The summed E-state index contributed by atoms with van der Waals surface area (Å²) in [5.74, 6) is -1.36. The highest BCUT2D eigenvalue weighted by atomic mass is 79.9. The molecule has 0 saturated heterocycles. The van der Waals surface area contributed by atoms with Crippen LogP contribution in [0.25, 0.3) is 0 Å². The highest BCUT2D eigenvalue weighted by Crippen LogP contribution is 2.21. The molecule has 0 bridgehead atoms. The molecule has 104 valence electrons. The van der Waals surface area contributed by atoms with Gasteiger partial charge < -0.3 is 15.7 Å². The lowest BCUT2D eigenvalue weighted by molar-refractivity contribution is -0.119. The van der Waals surface area contributed by atoms with Crippen molar-refractivity contribution in [2.75, 3.05) is 18.4 Å². The van der Waals surface area contributed by atoms with Crippen LogP contribution in [0.15, 0.2) is 22.7 Å². The van der Waals surface area contributed by atoms with Crippen molar-refractivity contribution in [3.8, 4) is 0 Å². The summed E-state index contributed by atoms with van der Waals surface area (Å²) in [4.78, 5) is 22.9. The maximum Gasteiger partial charge on any atom is 0.336 e. The monoisotopic (exact) mass is 328 g/mol. The number of carbonyl (C=O) groups is 2. The molecule has 1 aromatic carbocycles. The molecular weight excluding hydrogens is 312 g/mol. The molecule has 19 heavy (non-hydrogen) atoms. The average Bonchev–Trinajstić information content (AvgIpc) is 2.37. The largest absolute Gasteiger partial charge is 0.478 e.